The molecular formula is C26H29N3O7. The first-order valence-corrected chi connectivity index (χ1v) is 12.0. The van der Waals surface area contributed by atoms with Crippen molar-refractivity contribution in [3.05, 3.63) is 75.3 Å². The Labute approximate surface area is 208 Å². The summed E-state index contributed by atoms with van der Waals surface area (Å²) in [4.78, 5) is 40.5. The standard InChI is InChI=1S/C26H29N3O7/c1-2-15-36-21-9-5-19(6-10-21)24(30)22-23(18-3-7-20(8-4-18)29(33)34)28(26(32)25(22)31)12-11-27-13-16-35-17-14-27/h3-10,23,30H,2,11-17H2,1H3/b24-22+/t23-/m0/s1. The molecule has 4 rings (SSSR count). The quantitative estimate of drug-likeness (QED) is 0.185. The summed E-state index contributed by atoms with van der Waals surface area (Å²) in [5.41, 5.74) is 0.730. The second-order valence-corrected chi connectivity index (χ2v) is 8.67. The van der Waals surface area contributed by atoms with Crippen LogP contribution in [0.1, 0.15) is 30.5 Å². The van der Waals surface area contributed by atoms with Crippen molar-refractivity contribution in [3.63, 3.8) is 0 Å². The second-order valence-electron chi connectivity index (χ2n) is 8.67. The number of nitrogens with zero attached hydrogens (tertiary/aromatic N) is 3. The smallest absolute Gasteiger partial charge is 0.295 e. The minimum atomic E-state index is -0.872. The number of hydrogen-bond acceptors (Lipinski definition) is 8. The summed E-state index contributed by atoms with van der Waals surface area (Å²) in [5, 5.41) is 22.3. The molecule has 1 atom stereocenters. The molecule has 2 aliphatic heterocycles. The van der Waals surface area contributed by atoms with E-state index < -0.39 is 22.7 Å². The highest BCUT2D eigenvalue weighted by Crippen LogP contribution is 2.39. The molecule has 10 nitrogen and oxygen atoms in total. The Morgan fingerprint density at radius 3 is 2.36 bits per heavy atom. The number of ether oxygens (including phenoxy) is 2. The van der Waals surface area contributed by atoms with Crippen LogP contribution in [0.4, 0.5) is 5.69 Å². The van der Waals surface area contributed by atoms with E-state index in [1.165, 1.54) is 29.2 Å². The predicted molar refractivity (Wildman–Crippen MR) is 132 cm³/mol. The van der Waals surface area contributed by atoms with Gasteiger partial charge in [-0.3, -0.25) is 24.6 Å². The van der Waals surface area contributed by atoms with Crippen LogP contribution in [-0.4, -0.2) is 77.5 Å². The lowest BCUT2D eigenvalue weighted by atomic mass is 9.95. The van der Waals surface area contributed by atoms with Crippen molar-refractivity contribution in [1.29, 1.82) is 0 Å². The largest absolute Gasteiger partial charge is 0.507 e. The summed E-state index contributed by atoms with van der Waals surface area (Å²) < 4.78 is 11.0. The number of carbonyl (C=O) groups is 2. The van der Waals surface area contributed by atoms with Gasteiger partial charge in [-0.1, -0.05) is 6.92 Å². The van der Waals surface area contributed by atoms with Crippen LogP contribution in [0.5, 0.6) is 5.75 Å². The van der Waals surface area contributed by atoms with Gasteiger partial charge in [0.1, 0.15) is 11.5 Å². The number of Topliss-reactive ketones (excluding diaryl/α,β-unsaturated/α-hetero) is 1. The third-order valence-corrected chi connectivity index (χ3v) is 6.32. The number of hydrogen-bond donors (Lipinski definition) is 1. The molecule has 0 spiro atoms. The van der Waals surface area contributed by atoms with Gasteiger partial charge >= 0.3 is 0 Å². The van der Waals surface area contributed by atoms with E-state index in [-0.39, 0.29) is 23.6 Å². The maximum atomic E-state index is 13.2. The number of nitro benzene ring substituents is 1. The fourth-order valence-corrected chi connectivity index (χ4v) is 4.39. The number of benzene rings is 2. The second kappa shape index (κ2) is 11.3. The van der Waals surface area contributed by atoms with E-state index in [2.05, 4.69) is 4.90 Å². The average molecular weight is 496 g/mol. The van der Waals surface area contributed by atoms with E-state index in [9.17, 15) is 24.8 Å². The third kappa shape index (κ3) is 5.39. The van der Waals surface area contributed by atoms with Crippen LogP contribution in [0.2, 0.25) is 0 Å². The van der Waals surface area contributed by atoms with Crippen molar-refractivity contribution in [2.75, 3.05) is 46.0 Å². The van der Waals surface area contributed by atoms with Crippen LogP contribution >= 0.6 is 0 Å². The molecule has 0 saturated carbocycles. The lowest BCUT2D eigenvalue weighted by Gasteiger charge is -2.31. The van der Waals surface area contributed by atoms with Crippen LogP contribution < -0.4 is 4.74 Å². The molecule has 2 heterocycles. The number of likely N-dealkylation sites (tertiary alicyclic amines) is 1. The third-order valence-electron chi connectivity index (χ3n) is 6.32. The van der Waals surface area contributed by atoms with Gasteiger partial charge < -0.3 is 19.5 Å². The molecule has 1 amide bonds. The Balaban J connectivity index is 1.70. The molecule has 190 valence electrons. The minimum Gasteiger partial charge on any atom is -0.507 e. The molecule has 0 radical (unpaired) electrons. The molecule has 2 aromatic rings. The monoisotopic (exact) mass is 495 g/mol. The van der Waals surface area contributed by atoms with Gasteiger partial charge in [0, 0.05) is 43.9 Å². The SMILES string of the molecule is CCCOc1ccc(/C(O)=C2\C(=O)C(=O)N(CCN3CCOCC3)[C@H]2c2ccc([N+](=O)[O-])cc2)cc1. The summed E-state index contributed by atoms with van der Waals surface area (Å²) >= 11 is 0. The maximum Gasteiger partial charge on any atom is 0.295 e. The first kappa shape index (κ1) is 25.3. The molecule has 2 aliphatic rings. The predicted octanol–water partition coefficient (Wildman–Crippen LogP) is 3.14. The number of carbonyl (C=O) groups excluding carboxylic acids is 2. The number of nitro groups is 1. The van der Waals surface area contributed by atoms with E-state index >= 15 is 0 Å². The Hall–Kier alpha value is -3.76. The van der Waals surface area contributed by atoms with Gasteiger partial charge in [0.25, 0.3) is 17.4 Å². The van der Waals surface area contributed by atoms with Gasteiger partial charge in [-0.25, -0.2) is 0 Å². The molecule has 2 saturated heterocycles. The summed E-state index contributed by atoms with van der Waals surface area (Å²) in [5.74, 6) is -1.17. The van der Waals surface area contributed by atoms with Crippen LogP contribution in [0.25, 0.3) is 5.76 Å². The minimum absolute atomic E-state index is 0.0435. The van der Waals surface area contributed by atoms with Crippen molar-refractivity contribution >= 4 is 23.1 Å². The highest BCUT2D eigenvalue weighted by atomic mass is 16.6. The molecule has 0 bridgehead atoms. The number of rotatable bonds is 9. The normalized spacial score (nSPS) is 20.0. The number of morpholine rings is 1. The molecular weight excluding hydrogens is 466 g/mol. The molecule has 10 heteroatoms. The van der Waals surface area contributed by atoms with Crippen molar-refractivity contribution in [3.8, 4) is 5.75 Å². The van der Waals surface area contributed by atoms with E-state index in [0.29, 0.717) is 43.2 Å². The van der Waals surface area contributed by atoms with Gasteiger partial charge in [-0.2, -0.15) is 0 Å². The van der Waals surface area contributed by atoms with Gasteiger partial charge in [-0.05, 0) is 48.4 Å². The van der Waals surface area contributed by atoms with Crippen LogP contribution in [-0.2, 0) is 14.3 Å². The topological polar surface area (TPSA) is 122 Å². The highest BCUT2D eigenvalue weighted by Gasteiger charge is 2.46. The Morgan fingerprint density at radius 2 is 1.75 bits per heavy atom. The van der Waals surface area contributed by atoms with E-state index in [1.807, 2.05) is 6.92 Å². The van der Waals surface area contributed by atoms with Crippen molar-refractivity contribution in [2.24, 2.45) is 0 Å². The summed E-state index contributed by atoms with van der Waals surface area (Å²) in [7, 11) is 0. The fourth-order valence-electron chi connectivity index (χ4n) is 4.39. The molecule has 2 aromatic carbocycles. The molecule has 0 aromatic heterocycles. The van der Waals surface area contributed by atoms with Gasteiger partial charge in [-0.15, -0.1) is 0 Å². The fraction of sp³-hybridized carbons (Fsp3) is 0.385. The Bertz CT molecular complexity index is 1140. The summed E-state index contributed by atoms with van der Waals surface area (Å²) in [6, 6.07) is 11.5. The van der Waals surface area contributed by atoms with Crippen LogP contribution in [0.15, 0.2) is 54.1 Å². The zero-order valence-electron chi connectivity index (χ0n) is 20.1. The van der Waals surface area contributed by atoms with Crippen molar-refractivity contribution in [2.45, 2.75) is 19.4 Å². The number of non-ortho nitro benzene ring substituents is 1. The van der Waals surface area contributed by atoms with Gasteiger partial charge in [0.15, 0.2) is 0 Å². The molecule has 0 aliphatic carbocycles. The van der Waals surface area contributed by atoms with Gasteiger partial charge in [0.2, 0.25) is 0 Å². The van der Waals surface area contributed by atoms with Crippen molar-refractivity contribution < 1.29 is 29.1 Å². The number of aliphatic hydroxyl groups excluding tert-OH is 1. The lowest BCUT2D eigenvalue weighted by Crippen LogP contribution is -2.42. The van der Waals surface area contributed by atoms with E-state index in [4.69, 9.17) is 9.47 Å². The first-order valence-electron chi connectivity index (χ1n) is 12.0. The van der Waals surface area contributed by atoms with E-state index in [0.717, 1.165) is 19.5 Å². The summed E-state index contributed by atoms with van der Waals surface area (Å²) in [6.07, 6.45) is 0.852. The van der Waals surface area contributed by atoms with Crippen LogP contribution in [0, 0.1) is 10.1 Å². The zero-order chi connectivity index (χ0) is 25.7. The first-order chi connectivity index (χ1) is 17.4. The molecule has 1 N–H and O–H groups in total. The molecule has 2 fully saturated rings. The number of aliphatic hydroxyl groups is 1. The average Bonchev–Trinajstić information content (AvgIpc) is 3.16. The van der Waals surface area contributed by atoms with Crippen LogP contribution in [0.3, 0.4) is 0 Å². The lowest BCUT2D eigenvalue weighted by molar-refractivity contribution is -0.384. The highest BCUT2D eigenvalue weighted by molar-refractivity contribution is 6.46. The van der Waals surface area contributed by atoms with Gasteiger partial charge in [0.05, 0.1) is 36.4 Å². The Kier molecular flexibility index (Phi) is 7.97. The molecule has 36 heavy (non-hydrogen) atoms. The molecule has 0 unspecified atom stereocenters. The number of amides is 1. The van der Waals surface area contributed by atoms with E-state index in [1.54, 1.807) is 24.3 Å². The Morgan fingerprint density at radius 1 is 1.08 bits per heavy atom. The number of ketones is 1. The zero-order valence-corrected chi connectivity index (χ0v) is 20.1. The summed E-state index contributed by atoms with van der Waals surface area (Å²) in [6.45, 7) is 5.98. The van der Waals surface area contributed by atoms with Crippen molar-refractivity contribution in [1.82, 2.24) is 9.80 Å². The maximum absolute atomic E-state index is 13.2.